The van der Waals surface area contributed by atoms with Crippen LogP contribution in [0.2, 0.25) is 0 Å². The largest absolute Gasteiger partial charge is 0.310 e. The van der Waals surface area contributed by atoms with Crippen LogP contribution in [-0.4, -0.2) is 21.3 Å². The van der Waals surface area contributed by atoms with Crippen LogP contribution in [0.4, 0.5) is 0 Å². The Morgan fingerprint density at radius 3 is 2.89 bits per heavy atom. The van der Waals surface area contributed by atoms with Crippen LogP contribution in [0.25, 0.3) is 0 Å². The van der Waals surface area contributed by atoms with Gasteiger partial charge in [-0.05, 0) is 32.9 Å². The van der Waals surface area contributed by atoms with E-state index in [-0.39, 0.29) is 0 Å². The summed E-state index contributed by atoms with van der Waals surface area (Å²) in [6, 6.07) is 2.09. The molecule has 0 bridgehead atoms. The number of nitrogens with zero attached hydrogens (tertiary/aromatic N) is 3. The Hall–Kier alpha value is -1.20. The number of aromatic nitrogens is 3. The molecule has 0 spiro atoms. The zero-order valence-corrected chi connectivity index (χ0v) is 12.0. The molecule has 0 aliphatic rings. The maximum atomic E-state index is 4.62. The summed E-state index contributed by atoms with van der Waals surface area (Å²) in [4.78, 5) is 4.62. The highest BCUT2D eigenvalue weighted by atomic mass is 32.1. The highest BCUT2D eigenvalue weighted by molar-refractivity contribution is 7.09. The highest BCUT2D eigenvalue weighted by Gasteiger charge is 2.05. The minimum atomic E-state index is 0.768. The Morgan fingerprint density at radius 2 is 2.22 bits per heavy atom. The van der Waals surface area contributed by atoms with Crippen molar-refractivity contribution in [3.8, 4) is 0 Å². The fraction of sp³-hybridized carbons (Fsp3) is 0.538. The minimum Gasteiger partial charge on any atom is -0.310 e. The lowest BCUT2D eigenvalue weighted by molar-refractivity contribution is 0.640. The maximum absolute atomic E-state index is 4.62. The van der Waals surface area contributed by atoms with Crippen LogP contribution in [-0.2, 0) is 13.1 Å². The molecule has 0 aliphatic carbocycles. The molecule has 0 fully saturated rings. The van der Waals surface area contributed by atoms with E-state index in [1.54, 1.807) is 11.3 Å². The number of aryl methyl sites for hydroxylation is 2. The van der Waals surface area contributed by atoms with Crippen molar-refractivity contribution in [1.29, 1.82) is 0 Å². The first-order chi connectivity index (χ1) is 8.69. The zero-order chi connectivity index (χ0) is 13.0. The third-order valence-electron chi connectivity index (χ3n) is 2.72. The summed E-state index contributed by atoms with van der Waals surface area (Å²) in [6.07, 6.45) is 1.16. The molecule has 0 aromatic carbocycles. The molecule has 18 heavy (non-hydrogen) atoms. The average molecular weight is 264 g/mol. The molecule has 2 aromatic rings. The molecular formula is C13H20N4S. The first kappa shape index (κ1) is 13.2. The van der Waals surface area contributed by atoms with Gasteiger partial charge in [-0.2, -0.15) is 5.10 Å². The van der Waals surface area contributed by atoms with Gasteiger partial charge in [-0.1, -0.05) is 6.92 Å². The van der Waals surface area contributed by atoms with E-state index in [0.29, 0.717) is 0 Å². The van der Waals surface area contributed by atoms with Gasteiger partial charge < -0.3 is 5.32 Å². The van der Waals surface area contributed by atoms with Crippen molar-refractivity contribution in [2.45, 2.75) is 40.3 Å². The van der Waals surface area contributed by atoms with E-state index in [2.05, 4.69) is 40.7 Å². The Kier molecular flexibility index (Phi) is 4.49. The Labute approximate surface area is 112 Å². The summed E-state index contributed by atoms with van der Waals surface area (Å²) < 4.78 is 2.01. The molecular weight excluding hydrogens is 244 g/mol. The lowest BCUT2D eigenvalue weighted by Crippen LogP contribution is -2.13. The lowest BCUT2D eigenvalue weighted by Gasteiger charge is -2.01. The van der Waals surface area contributed by atoms with Crippen molar-refractivity contribution in [1.82, 2.24) is 20.1 Å². The molecule has 0 atom stereocenters. The smallest absolute Gasteiger partial charge is 0.107 e. The summed E-state index contributed by atoms with van der Waals surface area (Å²) in [7, 11) is 0. The Balaban J connectivity index is 1.96. The second-order valence-corrected chi connectivity index (χ2v) is 5.44. The number of hydrogen-bond donors (Lipinski definition) is 1. The van der Waals surface area contributed by atoms with E-state index in [1.165, 1.54) is 5.69 Å². The molecule has 98 valence electrons. The predicted molar refractivity (Wildman–Crippen MR) is 74.9 cm³/mol. The van der Waals surface area contributed by atoms with Crippen molar-refractivity contribution in [3.05, 3.63) is 33.5 Å². The summed E-state index contributed by atoms with van der Waals surface area (Å²) in [5.74, 6) is 0. The molecule has 5 heteroatoms. The van der Waals surface area contributed by atoms with Crippen molar-refractivity contribution in [2.75, 3.05) is 6.54 Å². The van der Waals surface area contributed by atoms with Gasteiger partial charge in [0.05, 0.1) is 17.9 Å². The highest BCUT2D eigenvalue weighted by Crippen LogP contribution is 2.12. The van der Waals surface area contributed by atoms with Crippen LogP contribution >= 0.6 is 11.3 Å². The Bertz CT molecular complexity index is 501. The van der Waals surface area contributed by atoms with Crippen molar-refractivity contribution in [3.63, 3.8) is 0 Å². The maximum Gasteiger partial charge on any atom is 0.107 e. The van der Waals surface area contributed by atoms with E-state index in [0.717, 1.165) is 42.5 Å². The van der Waals surface area contributed by atoms with Gasteiger partial charge in [-0.3, -0.25) is 4.68 Å². The number of rotatable bonds is 6. The van der Waals surface area contributed by atoms with E-state index in [4.69, 9.17) is 0 Å². The molecule has 0 saturated heterocycles. The molecule has 4 nitrogen and oxygen atoms in total. The van der Waals surface area contributed by atoms with Crippen molar-refractivity contribution in [2.24, 2.45) is 0 Å². The fourth-order valence-corrected chi connectivity index (χ4v) is 2.62. The number of nitrogens with one attached hydrogen (secondary N) is 1. The van der Waals surface area contributed by atoms with E-state index < -0.39 is 0 Å². The Morgan fingerprint density at radius 1 is 1.39 bits per heavy atom. The third kappa shape index (κ3) is 3.40. The van der Waals surface area contributed by atoms with E-state index in [1.807, 2.05) is 11.6 Å². The minimum absolute atomic E-state index is 0.768. The molecule has 2 rings (SSSR count). The van der Waals surface area contributed by atoms with Crippen LogP contribution in [0.3, 0.4) is 0 Å². The standard InChI is InChI=1S/C13H20N4S/c1-4-5-14-7-13-15-12(9-18-13)8-17-11(3)6-10(2)16-17/h6,9,14H,4-5,7-8H2,1-3H3. The van der Waals surface area contributed by atoms with Gasteiger partial charge >= 0.3 is 0 Å². The van der Waals surface area contributed by atoms with Crippen LogP contribution < -0.4 is 5.32 Å². The summed E-state index contributed by atoms with van der Waals surface area (Å²) >= 11 is 1.72. The van der Waals surface area contributed by atoms with Gasteiger partial charge in [0.15, 0.2) is 0 Å². The van der Waals surface area contributed by atoms with Crippen LogP contribution in [0.5, 0.6) is 0 Å². The van der Waals surface area contributed by atoms with Gasteiger partial charge in [0.1, 0.15) is 5.01 Å². The third-order valence-corrected chi connectivity index (χ3v) is 3.62. The molecule has 2 heterocycles. The van der Waals surface area contributed by atoms with Gasteiger partial charge in [0, 0.05) is 17.6 Å². The van der Waals surface area contributed by atoms with Crippen molar-refractivity contribution >= 4 is 11.3 Å². The van der Waals surface area contributed by atoms with Crippen LogP contribution in [0, 0.1) is 13.8 Å². The molecule has 0 aliphatic heterocycles. The summed E-state index contributed by atoms with van der Waals surface area (Å²) in [6.45, 7) is 8.95. The molecule has 0 saturated carbocycles. The molecule has 1 N–H and O–H groups in total. The van der Waals surface area contributed by atoms with Gasteiger partial charge in [-0.15, -0.1) is 11.3 Å². The predicted octanol–water partition coefficient (Wildman–Crippen LogP) is 2.50. The van der Waals surface area contributed by atoms with E-state index >= 15 is 0 Å². The van der Waals surface area contributed by atoms with Crippen LogP contribution in [0.15, 0.2) is 11.4 Å². The quantitative estimate of drug-likeness (QED) is 0.815. The van der Waals surface area contributed by atoms with Gasteiger partial charge in [0.2, 0.25) is 0 Å². The van der Waals surface area contributed by atoms with E-state index in [9.17, 15) is 0 Å². The fourth-order valence-electron chi connectivity index (χ4n) is 1.86. The first-order valence-corrected chi connectivity index (χ1v) is 7.22. The zero-order valence-electron chi connectivity index (χ0n) is 11.2. The second kappa shape index (κ2) is 6.11. The lowest BCUT2D eigenvalue weighted by atomic mass is 10.4. The number of hydrogen-bond acceptors (Lipinski definition) is 4. The second-order valence-electron chi connectivity index (χ2n) is 4.49. The normalized spacial score (nSPS) is 11.1. The van der Waals surface area contributed by atoms with Gasteiger partial charge in [0.25, 0.3) is 0 Å². The summed E-state index contributed by atoms with van der Waals surface area (Å²) in [5.41, 5.74) is 3.35. The molecule has 2 aromatic heterocycles. The first-order valence-electron chi connectivity index (χ1n) is 6.34. The SMILES string of the molecule is CCCNCc1nc(Cn2nc(C)cc2C)cs1. The monoisotopic (exact) mass is 264 g/mol. The number of thiazole rings is 1. The molecule has 0 amide bonds. The molecule has 0 unspecified atom stereocenters. The van der Waals surface area contributed by atoms with Crippen molar-refractivity contribution < 1.29 is 0 Å². The summed E-state index contributed by atoms with van der Waals surface area (Å²) in [5, 5.41) is 11.1. The average Bonchev–Trinajstić information content (AvgIpc) is 2.88. The molecule has 0 radical (unpaired) electrons. The van der Waals surface area contributed by atoms with Crippen LogP contribution in [0.1, 0.15) is 35.4 Å². The topological polar surface area (TPSA) is 42.7 Å². The van der Waals surface area contributed by atoms with Gasteiger partial charge in [-0.25, -0.2) is 4.98 Å².